The maximum Gasteiger partial charge on any atom is 0.400 e. The van der Waals surface area contributed by atoms with Gasteiger partial charge in [0.05, 0.1) is 19.1 Å². The average Bonchev–Trinajstić information content (AvgIpc) is 3.03. The van der Waals surface area contributed by atoms with Crippen LogP contribution in [-0.4, -0.2) is 19.3 Å². The zero-order chi connectivity index (χ0) is 32.0. The molecule has 0 N–H and O–H groups in total. The Kier molecular flexibility index (Phi) is 11.2. The van der Waals surface area contributed by atoms with E-state index in [1.54, 1.807) is 24.3 Å². The van der Waals surface area contributed by atoms with Crippen molar-refractivity contribution in [3.8, 4) is 16.9 Å². The molecule has 2 aliphatic rings. The Morgan fingerprint density at radius 2 is 1.53 bits per heavy atom. The molecule has 0 amide bonds. The first-order valence-corrected chi connectivity index (χ1v) is 16.4. The molecule has 1 saturated carbocycles. The second-order valence-corrected chi connectivity index (χ2v) is 12.6. The van der Waals surface area contributed by atoms with Crippen LogP contribution < -0.4 is 4.74 Å². The number of unbranched alkanes of at least 4 members (excludes halogenated alkanes) is 2. The molecule has 0 unspecified atom stereocenters. The number of benzene rings is 3. The number of halogens is 5. The van der Waals surface area contributed by atoms with E-state index in [-0.39, 0.29) is 30.1 Å². The van der Waals surface area contributed by atoms with Gasteiger partial charge in [-0.2, -0.15) is 8.78 Å². The van der Waals surface area contributed by atoms with Gasteiger partial charge in [-0.15, -0.1) is 0 Å². The zero-order valence-electron chi connectivity index (χ0n) is 26.1. The molecule has 2 fully saturated rings. The van der Waals surface area contributed by atoms with Crippen LogP contribution in [0.3, 0.4) is 0 Å². The van der Waals surface area contributed by atoms with Crippen LogP contribution in [-0.2, 0) is 15.9 Å². The molecule has 1 saturated heterocycles. The van der Waals surface area contributed by atoms with Crippen molar-refractivity contribution >= 4 is 0 Å². The average molecular weight is 631 g/mol. The molecule has 0 radical (unpaired) electrons. The Hall–Kier alpha value is -2.97. The van der Waals surface area contributed by atoms with E-state index in [2.05, 4.69) is 6.92 Å². The van der Waals surface area contributed by atoms with Gasteiger partial charge in [0.15, 0.2) is 6.29 Å². The van der Waals surface area contributed by atoms with Crippen LogP contribution in [0, 0.1) is 29.3 Å². The summed E-state index contributed by atoms with van der Waals surface area (Å²) in [6, 6.07) is 13.2. The molecule has 5 rings (SSSR count). The Morgan fingerprint density at radius 1 is 0.778 bits per heavy atom. The molecule has 45 heavy (non-hydrogen) atoms. The molecule has 3 nitrogen and oxygen atoms in total. The molecule has 0 atom stereocenters. The summed E-state index contributed by atoms with van der Waals surface area (Å²) in [6.07, 6.45) is 2.68. The van der Waals surface area contributed by atoms with Gasteiger partial charge in [0.2, 0.25) is 0 Å². The SMILES string of the molecule is CCCCCC1COC(c2ccc(-c3ccc(C4CCC(C(F)(F)Oc5ccc(CCC)c(F)c5)CC4)c(F)c3)c(F)c2)OC1. The van der Waals surface area contributed by atoms with Gasteiger partial charge in [-0.3, -0.25) is 0 Å². The van der Waals surface area contributed by atoms with Crippen molar-refractivity contribution in [2.75, 3.05) is 13.2 Å². The number of hydrogen-bond acceptors (Lipinski definition) is 3. The largest absolute Gasteiger partial charge is 0.432 e. The Balaban J connectivity index is 1.17. The lowest BCUT2D eigenvalue weighted by Gasteiger charge is -2.33. The van der Waals surface area contributed by atoms with Crippen LogP contribution >= 0.6 is 0 Å². The van der Waals surface area contributed by atoms with Gasteiger partial charge in [0.1, 0.15) is 23.2 Å². The van der Waals surface area contributed by atoms with Crippen molar-refractivity contribution in [1.29, 1.82) is 0 Å². The first-order chi connectivity index (χ1) is 21.7. The van der Waals surface area contributed by atoms with Crippen molar-refractivity contribution < 1.29 is 36.2 Å². The summed E-state index contributed by atoms with van der Waals surface area (Å²) in [5.74, 6) is -2.70. The van der Waals surface area contributed by atoms with Gasteiger partial charge < -0.3 is 14.2 Å². The third-order valence-electron chi connectivity index (χ3n) is 9.20. The first kappa shape index (κ1) is 33.4. The van der Waals surface area contributed by atoms with E-state index >= 15 is 17.6 Å². The summed E-state index contributed by atoms with van der Waals surface area (Å²) >= 11 is 0. The molecule has 1 heterocycles. The highest BCUT2D eigenvalue weighted by molar-refractivity contribution is 5.65. The number of rotatable bonds is 12. The third kappa shape index (κ3) is 8.25. The maximum atomic E-state index is 15.3. The van der Waals surface area contributed by atoms with E-state index in [1.165, 1.54) is 30.7 Å². The fraction of sp³-hybridized carbons (Fsp3) is 0.514. The smallest absolute Gasteiger partial charge is 0.400 e. The second-order valence-electron chi connectivity index (χ2n) is 12.6. The fourth-order valence-corrected chi connectivity index (χ4v) is 6.57. The molecule has 244 valence electrons. The van der Waals surface area contributed by atoms with Crippen LogP contribution in [0.4, 0.5) is 22.0 Å². The number of ether oxygens (including phenoxy) is 3. The Labute approximate surface area is 263 Å². The summed E-state index contributed by atoms with van der Waals surface area (Å²) in [6.45, 7) is 5.23. The molecule has 1 aliphatic carbocycles. The second kappa shape index (κ2) is 15.1. The zero-order valence-corrected chi connectivity index (χ0v) is 26.1. The molecule has 1 aliphatic heterocycles. The molecule has 3 aromatic carbocycles. The summed E-state index contributed by atoms with van der Waals surface area (Å²) in [4.78, 5) is 0. The maximum absolute atomic E-state index is 15.3. The van der Waals surface area contributed by atoms with Gasteiger partial charge in [-0.1, -0.05) is 69.9 Å². The third-order valence-corrected chi connectivity index (χ3v) is 9.20. The van der Waals surface area contributed by atoms with Crippen LogP contribution in [0.25, 0.3) is 11.1 Å². The molecular weight excluding hydrogens is 587 g/mol. The number of aryl methyl sites for hydroxylation is 1. The lowest BCUT2D eigenvalue weighted by Crippen LogP contribution is -2.37. The van der Waals surface area contributed by atoms with Gasteiger partial charge in [-0.25, -0.2) is 13.2 Å². The molecular formula is C37H43F5O3. The van der Waals surface area contributed by atoms with Crippen molar-refractivity contribution in [3.05, 3.63) is 88.7 Å². The monoisotopic (exact) mass is 630 g/mol. The minimum absolute atomic E-state index is 0.135. The fourth-order valence-electron chi connectivity index (χ4n) is 6.57. The van der Waals surface area contributed by atoms with Gasteiger partial charge in [0, 0.05) is 23.1 Å². The van der Waals surface area contributed by atoms with Gasteiger partial charge >= 0.3 is 6.11 Å². The summed E-state index contributed by atoms with van der Waals surface area (Å²) in [5, 5.41) is 0. The number of alkyl halides is 2. The van der Waals surface area contributed by atoms with Crippen molar-refractivity contribution in [3.63, 3.8) is 0 Å². The quantitative estimate of drug-likeness (QED) is 0.147. The highest BCUT2D eigenvalue weighted by Gasteiger charge is 2.44. The number of hydrogen-bond donors (Lipinski definition) is 0. The lowest BCUT2D eigenvalue weighted by atomic mass is 9.77. The molecule has 8 heteroatoms. The molecule has 0 aromatic heterocycles. The summed E-state index contributed by atoms with van der Waals surface area (Å²) in [7, 11) is 0. The van der Waals surface area contributed by atoms with Gasteiger partial charge in [0.25, 0.3) is 0 Å². The van der Waals surface area contributed by atoms with E-state index in [0.29, 0.717) is 60.6 Å². The van der Waals surface area contributed by atoms with Crippen molar-refractivity contribution in [2.45, 2.75) is 96.4 Å². The van der Waals surface area contributed by atoms with E-state index in [0.717, 1.165) is 31.7 Å². The molecule has 3 aromatic rings. The minimum atomic E-state index is -3.47. The molecule has 0 bridgehead atoms. The lowest BCUT2D eigenvalue weighted by molar-refractivity contribution is -0.222. The minimum Gasteiger partial charge on any atom is -0.432 e. The highest BCUT2D eigenvalue weighted by Crippen LogP contribution is 2.44. The highest BCUT2D eigenvalue weighted by atomic mass is 19.3. The predicted octanol–water partition coefficient (Wildman–Crippen LogP) is 10.9. The predicted molar refractivity (Wildman–Crippen MR) is 165 cm³/mol. The van der Waals surface area contributed by atoms with Crippen LogP contribution in [0.5, 0.6) is 5.75 Å². The standard InChI is InChI=1S/C37H43F5O3/c1-3-5-6-8-24-22-43-36(44-23-24)28-13-18-32(35(40)20-28)27-12-17-31(34(39)19-27)25-9-14-29(15-10-25)37(41,42)45-30-16-11-26(7-4-2)33(38)21-30/h11-13,16-21,24-25,29,36H,3-10,14-15,22-23H2,1-2H3. The molecule has 0 spiro atoms. The Bertz CT molecular complexity index is 1410. The van der Waals surface area contributed by atoms with Crippen LogP contribution in [0.15, 0.2) is 54.6 Å². The van der Waals surface area contributed by atoms with E-state index in [1.807, 2.05) is 6.92 Å². The summed E-state index contributed by atoms with van der Waals surface area (Å²) in [5.41, 5.74) is 2.14. The Morgan fingerprint density at radius 3 is 2.18 bits per heavy atom. The first-order valence-electron chi connectivity index (χ1n) is 16.4. The van der Waals surface area contributed by atoms with Crippen molar-refractivity contribution in [2.24, 2.45) is 11.8 Å². The van der Waals surface area contributed by atoms with Crippen LogP contribution in [0.2, 0.25) is 0 Å². The van der Waals surface area contributed by atoms with Crippen molar-refractivity contribution in [1.82, 2.24) is 0 Å². The van der Waals surface area contributed by atoms with E-state index in [9.17, 15) is 4.39 Å². The van der Waals surface area contributed by atoms with Crippen LogP contribution in [0.1, 0.15) is 101 Å². The summed E-state index contributed by atoms with van der Waals surface area (Å²) < 4.78 is 91.5. The topological polar surface area (TPSA) is 27.7 Å². The van der Waals surface area contributed by atoms with Gasteiger partial charge in [-0.05, 0) is 79.3 Å². The normalized spacial score (nSPS) is 22.4. The van der Waals surface area contributed by atoms with E-state index < -0.39 is 35.8 Å². The van der Waals surface area contributed by atoms with E-state index in [4.69, 9.17) is 14.2 Å².